The molecule has 112 valence electrons. The van der Waals surface area contributed by atoms with Crippen LogP contribution in [0.1, 0.15) is 10.4 Å². The monoisotopic (exact) mass is 336 g/mol. The molecule has 2 rings (SSSR count). The normalized spacial score (nSPS) is 11.4. The summed E-state index contributed by atoms with van der Waals surface area (Å²) in [6.45, 7) is 0.264. The van der Waals surface area contributed by atoms with Gasteiger partial charge in [0.05, 0.1) is 15.5 Å². The molecule has 1 aromatic heterocycles. The number of alkyl halides is 3. The lowest BCUT2D eigenvalue weighted by atomic mass is 10.1. The van der Waals surface area contributed by atoms with Gasteiger partial charge in [0.1, 0.15) is 5.69 Å². The number of nitrogens with one attached hydrogen (secondary N) is 1. The van der Waals surface area contributed by atoms with Crippen molar-refractivity contribution in [2.75, 3.05) is 5.32 Å². The van der Waals surface area contributed by atoms with Crippen LogP contribution in [0.5, 0.6) is 0 Å². The number of benzene rings is 1. The lowest BCUT2D eigenvalue weighted by Gasteiger charge is -2.12. The summed E-state index contributed by atoms with van der Waals surface area (Å²) in [5.41, 5.74) is -1.94. The van der Waals surface area contributed by atoms with E-state index in [9.17, 15) is 23.3 Å². The number of thiophene rings is 1. The predicted molar refractivity (Wildman–Crippen MR) is 74.8 cm³/mol. The van der Waals surface area contributed by atoms with Crippen LogP contribution in [0, 0.1) is 10.1 Å². The van der Waals surface area contributed by atoms with Gasteiger partial charge in [0.25, 0.3) is 5.69 Å². The van der Waals surface area contributed by atoms with Gasteiger partial charge in [0.2, 0.25) is 0 Å². The zero-order chi connectivity index (χ0) is 15.6. The Morgan fingerprint density at radius 2 is 2.10 bits per heavy atom. The minimum atomic E-state index is -4.74. The van der Waals surface area contributed by atoms with Crippen molar-refractivity contribution in [2.45, 2.75) is 12.7 Å². The number of nitro groups is 1. The Hall–Kier alpha value is -1.80. The molecule has 1 aromatic carbocycles. The summed E-state index contributed by atoms with van der Waals surface area (Å²) in [6.07, 6.45) is -4.74. The van der Waals surface area contributed by atoms with Crippen LogP contribution in [-0.2, 0) is 12.7 Å². The molecule has 2 aromatic rings. The van der Waals surface area contributed by atoms with Crippen molar-refractivity contribution in [3.8, 4) is 0 Å². The molecule has 0 atom stereocenters. The first kappa shape index (κ1) is 15.6. The molecule has 0 fully saturated rings. The number of halogens is 4. The lowest BCUT2D eigenvalue weighted by molar-refractivity contribution is -0.384. The molecular weight excluding hydrogens is 329 g/mol. The topological polar surface area (TPSA) is 55.2 Å². The van der Waals surface area contributed by atoms with Gasteiger partial charge in [-0.05, 0) is 17.5 Å². The first-order chi connectivity index (χ1) is 9.79. The predicted octanol–water partition coefficient (Wildman–Crippen LogP) is 4.94. The summed E-state index contributed by atoms with van der Waals surface area (Å²) in [6, 6.07) is 4.97. The van der Waals surface area contributed by atoms with Crippen LogP contribution in [0.3, 0.4) is 0 Å². The van der Waals surface area contributed by atoms with Gasteiger partial charge < -0.3 is 5.32 Å². The number of hydrogen-bond donors (Lipinski definition) is 1. The fraction of sp³-hybridized carbons (Fsp3) is 0.167. The van der Waals surface area contributed by atoms with E-state index in [0.29, 0.717) is 6.07 Å². The summed E-state index contributed by atoms with van der Waals surface area (Å²) < 4.78 is 38.1. The van der Waals surface area contributed by atoms with E-state index < -0.39 is 27.4 Å². The third-order valence-corrected chi connectivity index (χ3v) is 3.81. The number of rotatable bonds is 4. The van der Waals surface area contributed by atoms with Crippen molar-refractivity contribution in [3.05, 3.63) is 55.2 Å². The summed E-state index contributed by atoms with van der Waals surface area (Å²) in [5.74, 6) is 0. The summed E-state index contributed by atoms with van der Waals surface area (Å²) in [5, 5.41) is 14.9. The average Bonchev–Trinajstić information content (AvgIpc) is 2.87. The molecule has 21 heavy (non-hydrogen) atoms. The van der Waals surface area contributed by atoms with E-state index in [1.165, 1.54) is 11.3 Å². The van der Waals surface area contributed by atoms with E-state index in [-0.39, 0.29) is 12.2 Å². The maximum Gasteiger partial charge on any atom is 0.418 e. The van der Waals surface area contributed by atoms with Crippen LogP contribution in [0.2, 0.25) is 5.02 Å². The van der Waals surface area contributed by atoms with Crippen LogP contribution in [-0.4, -0.2) is 4.92 Å². The molecule has 0 amide bonds. The highest BCUT2D eigenvalue weighted by Crippen LogP contribution is 2.40. The third kappa shape index (κ3) is 3.64. The summed E-state index contributed by atoms with van der Waals surface area (Å²) in [7, 11) is 0. The SMILES string of the molecule is O=[N+]([O-])c1cc(C(F)(F)F)c(Cl)cc1NCc1cccs1. The van der Waals surface area contributed by atoms with E-state index in [1.807, 2.05) is 5.38 Å². The van der Waals surface area contributed by atoms with Gasteiger partial charge in [-0.1, -0.05) is 17.7 Å². The summed E-state index contributed by atoms with van der Waals surface area (Å²) in [4.78, 5) is 10.9. The van der Waals surface area contributed by atoms with Crippen LogP contribution in [0.4, 0.5) is 24.5 Å². The number of nitrogens with zero attached hydrogens (tertiary/aromatic N) is 1. The standard InChI is InChI=1S/C12H8ClF3N2O2S/c13-9-5-10(17-6-7-2-1-3-21-7)11(18(19)20)4-8(9)12(14,15)16/h1-5,17H,6H2. The Kier molecular flexibility index (Phi) is 4.38. The lowest BCUT2D eigenvalue weighted by Crippen LogP contribution is -2.09. The average molecular weight is 337 g/mol. The van der Waals surface area contributed by atoms with Gasteiger partial charge in [-0.3, -0.25) is 10.1 Å². The van der Waals surface area contributed by atoms with Crippen molar-refractivity contribution >= 4 is 34.3 Å². The Balaban J connectivity index is 2.36. The Labute approximate surface area is 126 Å². The van der Waals surface area contributed by atoms with Crippen LogP contribution >= 0.6 is 22.9 Å². The van der Waals surface area contributed by atoms with E-state index in [4.69, 9.17) is 11.6 Å². The summed E-state index contributed by atoms with van der Waals surface area (Å²) >= 11 is 6.99. The number of nitro benzene ring substituents is 1. The molecule has 0 aliphatic carbocycles. The van der Waals surface area contributed by atoms with Gasteiger partial charge >= 0.3 is 6.18 Å². The maximum absolute atomic E-state index is 12.7. The van der Waals surface area contributed by atoms with Crippen molar-refractivity contribution < 1.29 is 18.1 Å². The first-order valence-electron chi connectivity index (χ1n) is 5.60. The van der Waals surface area contributed by atoms with Crippen LogP contribution < -0.4 is 5.32 Å². The Morgan fingerprint density at radius 3 is 2.62 bits per heavy atom. The second-order valence-corrected chi connectivity index (χ2v) is 5.48. The highest BCUT2D eigenvalue weighted by Gasteiger charge is 2.36. The van der Waals surface area contributed by atoms with Gasteiger partial charge in [-0.15, -0.1) is 11.3 Å². The molecule has 0 saturated heterocycles. The van der Waals surface area contributed by atoms with Gasteiger partial charge in [0, 0.05) is 17.5 Å². The minimum Gasteiger partial charge on any atom is -0.375 e. The molecule has 0 unspecified atom stereocenters. The first-order valence-corrected chi connectivity index (χ1v) is 6.86. The third-order valence-electron chi connectivity index (χ3n) is 2.62. The molecule has 4 nitrogen and oxygen atoms in total. The molecule has 0 aliphatic rings. The molecule has 0 radical (unpaired) electrons. The Bertz CT molecular complexity index is 659. The molecule has 0 bridgehead atoms. The molecular formula is C12H8ClF3N2O2S. The molecule has 1 N–H and O–H groups in total. The van der Waals surface area contributed by atoms with E-state index in [1.54, 1.807) is 12.1 Å². The minimum absolute atomic E-state index is 0.0496. The molecule has 1 heterocycles. The van der Waals surface area contributed by atoms with Crippen molar-refractivity contribution in [3.63, 3.8) is 0 Å². The quantitative estimate of drug-likeness (QED) is 0.635. The number of hydrogen-bond acceptors (Lipinski definition) is 4. The maximum atomic E-state index is 12.7. The second kappa shape index (κ2) is 5.90. The molecule has 0 spiro atoms. The van der Waals surface area contributed by atoms with E-state index in [2.05, 4.69) is 5.32 Å². The van der Waals surface area contributed by atoms with Gasteiger partial charge in [-0.25, -0.2) is 0 Å². The Morgan fingerprint density at radius 1 is 1.38 bits per heavy atom. The van der Waals surface area contributed by atoms with E-state index >= 15 is 0 Å². The molecule has 0 saturated carbocycles. The number of anilines is 1. The van der Waals surface area contributed by atoms with Crippen LogP contribution in [0.25, 0.3) is 0 Å². The zero-order valence-corrected chi connectivity index (χ0v) is 11.9. The fourth-order valence-corrected chi connectivity index (χ4v) is 2.58. The molecule has 0 aliphatic heterocycles. The highest BCUT2D eigenvalue weighted by atomic mass is 35.5. The fourth-order valence-electron chi connectivity index (χ4n) is 1.67. The van der Waals surface area contributed by atoms with Gasteiger partial charge in [0.15, 0.2) is 0 Å². The smallest absolute Gasteiger partial charge is 0.375 e. The largest absolute Gasteiger partial charge is 0.418 e. The highest BCUT2D eigenvalue weighted by molar-refractivity contribution is 7.09. The zero-order valence-electron chi connectivity index (χ0n) is 10.3. The second-order valence-electron chi connectivity index (χ2n) is 4.04. The van der Waals surface area contributed by atoms with Gasteiger partial charge in [-0.2, -0.15) is 13.2 Å². The molecule has 9 heteroatoms. The van der Waals surface area contributed by atoms with Crippen molar-refractivity contribution in [1.82, 2.24) is 0 Å². The van der Waals surface area contributed by atoms with E-state index in [0.717, 1.165) is 10.9 Å². The van der Waals surface area contributed by atoms with Crippen molar-refractivity contribution in [2.24, 2.45) is 0 Å². The van der Waals surface area contributed by atoms with Crippen molar-refractivity contribution in [1.29, 1.82) is 0 Å². The van der Waals surface area contributed by atoms with Crippen LogP contribution in [0.15, 0.2) is 29.6 Å².